The molecule has 2 saturated heterocycles. The predicted molar refractivity (Wildman–Crippen MR) is 76.0 cm³/mol. The van der Waals surface area contributed by atoms with Crippen LogP contribution in [0.2, 0.25) is 0 Å². The van der Waals surface area contributed by atoms with E-state index in [9.17, 15) is 18.0 Å². The highest BCUT2D eigenvalue weighted by Gasteiger charge is 2.37. The molecule has 1 aromatic carbocycles. The van der Waals surface area contributed by atoms with E-state index in [2.05, 4.69) is 5.32 Å². The maximum atomic E-state index is 13.7. The number of amides is 1. The summed E-state index contributed by atoms with van der Waals surface area (Å²) in [6.45, 7) is 2.95. The second-order valence-corrected chi connectivity index (χ2v) is 6.29. The molecule has 0 aliphatic carbocycles. The van der Waals surface area contributed by atoms with Crippen molar-refractivity contribution in [1.29, 1.82) is 0 Å². The van der Waals surface area contributed by atoms with Gasteiger partial charge in [0.2, 0.25) is 0 Å². The Morgan fingerprint density at radius 3 is 2.09 bits per heavy atom. The van der Waals surface area contributed by atoms with Crippen LogP contribution in [0.25, 0.3) is 0 Å². The van der Waals surface area contributed by atoms with Crippen LogP contribution < -0.4 is 5.32 Å². The molecule has 0 atom stereocenters. The fraction of sp³-hybridized carbons (Fsp3) is 0.562. The first-order valence-corrected chi connectivity index (χ1v) is 7.65. The lowest BCUT2D eigenvalue weighted by Gasteiger charge is -2.44. The van der Waals surface area contributed by atoms with Crippen LogP contribution in [-0.4, -0.2) is 37.0 Å². The van der Waals surface area contributed by atoms with E-state index in [4.69, 9.17) is 0 Å². The van der Waals surface area contributed by atoms with Gasteiger partial charge >= 0.3 is 0 Å². The van der Waals surface area contributed by atoms with Gasteiger partial charge in [-0.05, 0) is 44.2 Å². The van der Waals surface area contributed by atoms with E-state index < -0.39 is 28.9 Å². The highest BCUT2D eigenvalue weighted by molar-refractivity contribution is 5.94. The van der Waals surface area contributed by atoms with Crippen LogP contribution in [0.4, 0.5) is 13.2 Å². The number of benzene rings is 1. The van der Waals surface area contributed by atoms with Crippen molar-refractivity contribution in [3.05, 3.63) is 35.1 Å². The molecule has 3 nitrogen and oxygen atoms in total. The Hall–Kier alpha value is -1.56. The van der Waals surface area contributed by atoms with Gasteiger partial charge in [-0.3, -0.25) is 4.79 Å². The van der Waals surface area contributed by atoms with Gasteiger partial charge in [0, 0.05) is 25.2 Å². The van der Waals surface area contributed by atoms with Gasteiger partial charge in [-0.1, -0.05) is 0 Å². The third-order valence-electron chi connectivity index (χ3n) is 5.00. The molecule has 1 spiro atoms. The highest BCUT2D eigenvalue weighted by atomic mass is 19.1. The topological polar surface area (TPSA) is 32.3 Å². The quantitative estimate of drug-likeness (QED) is 0.865. The van der Waals surface area contributed by atoms with Crippen LogP contribution >= 0.6 is 0 Å². The molecule has 0 aromatic heterocycles. The van der Waals surface area contributed by atoms with Crippen molar-refractivity contribution in [2.24, 2.45) is 5.41 Å². The molecular formula is C16H19F3N2O. The SMILES string of the molecule is O=C(c1c(F)cc(F)cc1F)N1CCC2(CCNCC2)CC1. The molecule has 3 rings (SSSR count). The number of likely N-dealkylation sites (tertiary alicyclic amines) is 1. The number of carbonyl (C=O) groups excluding carboxylic acids is 1. The summed E-state index contributed by atoms with van der Waals surface area (Å²) < 4.78 is 40.4. The molecule has 1 aromatic rings. The largest absolute Gasteiger partial charge is 0.338 e. The van der Waals surface area contributed by atoms with Crippen molar-refractivity contribution in [3.63, 3.8) is 0 Å². The molecule has 0 radical (unpaired) electrons. The first kappa shape index (κ1) is 15.3. The third-order valence-corrected chi connectivity index (χ3v) is 5.00. The average Bonchev–Trinajstić information content (AvgIpc) is 2.47. The molecule has 0 unspecified atom stereocenters. The van der Waals surface area contributed by atoms with Gasteiger partial charge in [-0.15, -0.1) is 0 Å². The first-order chi connectivity index (χ1) is 10.5. The van der Waals surface area contributed by atoms with Crippen LogP contribution in [0, 0.1) is 22.9 Å². The molecule has 120 valence electrons. The second kappa shape index (κ2) is 5.91. The number of hydrogen-bond donors (Lipinski definition) is 1. The summed E-state index contributed by atoms with van der Waals surface area (Å²) in [7, 11) is 0. The highest BCUT2D eigenvalue weighted by Crippen LogP contribution is 2.39. The van der Waals surface area contributed by atoms with Crippen LogP contribution in [0.3, 0.4) is 0 Å². The smallest absolute Gasteiger partial charge is 0.259 e. The second-order valence-electron chi connectivity index (χ2n) is 6.29. The average molecular weight is 312 g/mol. The Morgan fingerprint density at radius 1 is 1.00 bits per heavy atom. The van der Waals surface area contributed by atoms with Gasteiger partial charge in [0.25, 0.3) is 5.91 Å². The first-order valence-electron chi connectivity index (χ1n) is 7.65. The van der Waals surface area contributed by atoms with Crippen molar-refractivity contribution >= 4 is 5.91 Å². The van der Waals surface area contributed by atoms with E-state index in [1.165, 1.54) is 4.90 Å². The van der Waals surface area contributed by atoms with E-state index in [0.717, 1.165) is 38.8 Å². The van der Waals surface area contributed by atoms with Gasteiger partial charge in [-0.2, -0.15) is 0 Å². The Morgan fingerprint density at radius 2 is 1.55 bits per heavy atom. The lowest BCUT2D eigenvalue weighted by molar-refractivity contribution is 0.0487. The van der Waals surface area contributed by atoms with Gasteiger partial charge in [0.05, 0.1) is 0 Å². The fourth-order valence-corrected chi connectivity index (χ4v) is 3.55. The molecule has 6 heteroatoms. The number of halogens is 3. The molecule has 1 amide bonds. The number of carbonyl (C=O) groups is 1. The molecular weight excluding hydrogens is 293 g/mol. The van der Waals surface area contributed by atoms with Crippen LogP contribution in [-0.2, 0) is 0 Å². The summed E-state index contributed by atoms with van der Waals surface area (Å²) in [5.41, 5.74) is -0.398. The fourth-order valence-electron chi connectivity index (χ4n) is 3.55. The zero-order valence-corrected chi connectivity index (χ0v) is 12.3. The summed E-state index contributed by atoms with van der Waals surface area (Å²) in [6.07, 6.45) is 3.86. The van der Waals surface area contributed by atoms with Gasteiger partial charge in [0.15, 0.2) is 0 Å². The van der Waals surface area contributed by atoms with Gasteiger partial charge in [-0.25, -0.2) is 13.2 Å². The summed E-state index contributed by atoms with van der Waals surface area (Å²) in [4.78, 5) is 13.8. The molecule has 0 bridgehead atoms. The minimum Gasteiger partial charge on any atom is -0.338 e. The van der Waals surface area contributed by atoms with Crippen molar-refractivity contribution in [2.45, 2.75) is 25.7 Å². The standard InChI is InChI=1S/C16H19F3N2O/c17-11-9-12(18)14(13(19)10-11)15(22)21-7-3-16(4-8-21)1-5-20-6-2-16/h9-10,20H,1-8H2. The number of nitrogens with zero attached hydrogens (tertiary/aromatic N) is 1. The lowest BCUT2D eigenvalue weighted by Crippen LogP contribution is -2.47. The summed E-state index contributed by atoms with van der Waals surface area (Å²) >= 11 is 0. The zero-order chi connectivity index (χ0) is 15.7. The van der Waals surface area contributed by atoms with Crippen LogP contribution in [0.5, 0.6) is 0 Å². The van der Waals surface area contributed by atoms with Crippen molar-refractivity contribution in [2.75, 3.05) is 26.2 Å². The number of rotatable bonds is 1. The zero-order valence-electron chi connectivity index (χ0n) is 12.3. The maximum Gasteiger partial charge on any atom is 0.259 e. The van der Waals surface area contributed by atoms with Gasteiger partial charge < -0.3 is 10.2 Å². The predicted octanol–water partition coefficient (Wildman–Crippen LogP) is 2.71. The van der Waals surface area contributed by atoms with Crippen molar-refractivity contribution < 1.29 is 18.0 Å². The molecule has 0 saturated carbocycles. The Balaban J connectivity index is 1.72. The van der Waals surface area contributed by atoms with E-state index in [-0.39, 0.29) is 5.41 Å². The molecule has 22 heavy (non-hydrogen) atoms. The lowest BCUT2D eigenvalue weighted by atomic mass is 9.71. The third kappa shape index (κ3) is 2.84. The minimum atomic E-state index is -1.13. The van der Waals surface area contributed by atoms with Gasteiger partial charge in [0.1, 0.15) is 23.0 Å². The van der Waals surface area contributed by atoms with Crippen molar-refractivity contribution in [3.8, 4) is 0 Å². The number of hydrogen-bond acceptors (Lipinski definition) is 2. The van der Waals surface area contributed by atoms with E-state index >= 15 is 0 Å². The van der Waals surface area contributed by atoms with Crippen LogP contribution in [0.15, 0.2) is 12.1 Å². The van der Waals surface area contributed by atoms with E-state index in [0.29, 0.717) is 25.2 Å². The molecule has 2 heterocycles. The summed E-state index contributed by atoms with van der Waals surface area (Å²) in [5, 5.41) is 3.32. The van der Waals surface area contributed by atoms with E-state index in [1.54, 1.807) is 0 Å². The normalized spacial score (nSPS) is 21.1. The summed E-state index contributed by atoms with van der Waals surface area (Å²) in [6, 6.07) is 1.10. The molecule has 2 aliphatic heterocycles. The summed E-state index contributed by atoms with van der Waals surface area (Å²) in [5.74, 6) is -3.97. The molecule has 2 fully saturated rings. The van der Waals surface area contributed by atoms with Crippen LogP contribution in [0.1, 0.15) is 36.0 Å². The monoisotopic (exact) mass is 312 g/mol. The van der Waals surface area contributed by atoms with E-state index in [1.807, 2.05) is 0 Å². The van der Waals surface area contributed by atoms with Crippen molar-refractivity contribution in [1.82, 2.24) is 10.2 Å². The molecule has 2 aliphatic rings. The molecule has 1 N–H and O–H groups in total. The Labute approximate surface area is 127 Å². The number of nitrogens with one attached hydrogen (secondary N) is 1. The Kier molecular flexibility index (Phi) is 4.12. The Bertz CT molecular complexity index is 552. The maximum absolute atomic E-state index is 13.7. The number of piperidine rings is 2. The minimum absolute atomic E-state index is 0.252.